The van der Waals surface area contributed by atoms with Crippen molar-refractivity contribution in [1.82, 2.24) is 0 Å². The number of aliphatic hydroxyl groups excluding tert-OH is 2. The van der Waals surface area contributed by atoms with Crippen LogP contribution in [0.5, 0.6) is 57.5 Å². The van der Waals surface area contributed by atoms with Gasteiger partial charge in [0.25, 0.3) is 0 Å². The second-order valence-electron chi connectivity index (χ2n) is 17.3. The Kier molecular flexibility index (Phi) is 13.1. The van der Waals surface area contributed by atoms with Crippen molar-refractivity contribution in [3.8, 4) is 57.5 Å². The number of aromatic hydroxyl groups is 4. The van der Waals surface area contributed by atoms with Crippen molar-refractivity contribution in [2.45, 2.75) is 63.2 Å². The molecule has 6 N–H and O–H groups in total. The Labute approximate surface area is 404 Å². The minimum atomic E-state index is -1.49. The molecule has 8 aromatic rings. The van der Waals surface area contributed by atoms with Crippen molar-refractivity contribution < 1.29 is 59.1 Å². The fourth-order valence-electron chi connectivity index (χ4n) is 9.05. The van der Waals surface area contributed by atoms with Gasteiger partial charge in [0, 0.05) is 41.3 Å². The summed E-state index contributed by atoms with van der Waals surface area (Å²) in [7, 11) is 0. The number of benzene rings is 8. The van der Waals surface area contributed by atoms with Gasteiger partial charge in [0.2, 0.25) is 0 Å². The van der Waals surface area contributed by atoms with E-state index in [0.29, 0.717) is 33.9 Å². The summed E-state index contributed by atoms with van der Waals surface area (Å²) in [5.41, 5.74) is 5.10. The van der Waals surface area contributed by atoms with E-state index in [2.05, 4.69) is 0 Å². The van der Waals surface area contributed by atoms with E-state index in [1.54, 1.807) is 30.3 Å². The van der Waals surface area contributed by atoms with E-state index in [1.165, 1.54) is 24.3 Å². The van der Waals surface area contributed by atoms with E-state index in [4.69, 9.17) is 28.4 Å². The molecule has 0 aromatic heterocycles. The normalized spacial score (nSPS) is 18.1. The number of fused-ring (bicyclic) bond motifs is 2. The summed E-state index contributed by atoms with van der Waals surface area (Å²) >= 11 is 0. The van der Waals surface area contributed by atoms with Crippen LogP contribution in [0.1, 0.15) is 68.2 Å². The van der Waals surface area contributed by atoms with Gasteiger partial charge in [0.15, 0.2) is 29.1 Å². The van der Waals surface area contributed by atoms with Gasteiger partial charge in [0.1, 0.15) is 73.1 Å². The molecule has 0 spiro atoms. The first-order chi connectivity index (χ1) is 34.2. The number of hydrogen-bond donors (Lipinski definition) is 6. The van der Waals surface area contributed by atoms with Gasteiger partial charge in [0.05, 0.1) is 12.0 Å². The molecule has 0 fully saturated rings. The Balaban J connectivity index is 1.12. The maximum atomic E-state index is 13.1. The zero-order valence-corrected chi connectivity index (χ0v) is 37.8. The van der Waals surface area contributed by atoms with E-state index in [1.807, 2.05) is 121 Å². The summed E-state index contributed by atoms with van der Waals surface area (Å²) < 4.78 is 39.5. The molecule has 0 saturated carbocycles. The summed E-state index contributed by atoms with van der Waals surface area (Å²) in [5.74, 6) is -0.923. The zero-order chi connectivity index (χ0) is 48.1. The minimum absolute atomic E-state index is 0.00553. The van der Waals surface area contributed by atoms with Crippen LogP contribution >= 0.6 is 0 Å². The van der Waals surface area contributed by atoms with Crippen LogP contribution in [0, 0.1) is 0 Å². The van der Waals surface area contributed by atoms with Crippen LogP contribution in [0.3, 0.4) is 0 Å². The topological polar surface area (TPSA) is 177 Å². The molecule has 0 bridgehead atoms. The molecule has 10 rings (SSSR count). The lowest BCUT2D eigenvalue weighted by molar-refractivity contribution is 0.000830. The lowest BCUT2D eigenvalue weighted by Gasteiger charge is -2.40. The first kappa shape index (κ1) is 45.5. The number of rotatable bonds is 15. The molecule has 2 heterocycles. The molecule has 8 aromatic carbocycles. The number of aliphatic hydroxyl groups is 2. The first-order valence-corrected chi connectivity index (χ1v) is 22.9. The number of phenols is 4. The van der Waals surface area contributed by atoms with Crippen LogP contribution in [0.15, 0.2) is 176 Å². The Hall–Kier alpha value is -8.32. The predicted octanol–water partition coefficient (Wildman–Crippen LogP) is 10.5. The molecule has 70 heavy (non-hydrogen) atoms. The largest absolute Gasteiger partial charge is 0.507 e. The molecular formula is C58H50O12. The molecule has 2 aliphatic rings. The quantitative estimate of drug-likeness (QED) is 0.0537. The maximum Gasteiger partial charge on any atom is 0.162 e. The van der Waals surface area contributed by atoms with Crippen LogP contribution in [-0.2, 0) is 32.8 Å². The monoisotopic (exact) mass is 938 g/mol. The third-order valence-corrected chi connectivity index (χ3v) is 12.6. The highest BCUT2D eigenvalue weighted by Gasteiger charge is 2.46. The van der Waals surface area contributed by atoms with Crippen molar-refractivity contribution in [2.24, 2.45) is 0 Å². The zero-order valence-electron chi connectivity index (χ0n) is 37.8. The fourth-order valence-corrected chi connectivity index (χ4v) is 9.05. The average Bonchev–Trinajstić information content (AvgIpc) is 3.38. The highest BCUT2D eigenvalue weighted by Crippen LogP contribution is 2.58. The lowest BCUT2D eigenvalue weighted by atomic mass is 9.77. The van der Waals surface area contributed by atoms with Crippen molar-refractivity contribution >= 4 is 0 Å². The molecule has 0 saturated heterocycles. The van der Waals surface area contributed by atoms with Crippen LogP contribution in [0.25, 0.3) is 0 Å². The van der Waals surface area contributed by atoms with Crippen LogP contribution in [-0.4, -0.2) is 42.8 Å². The second-order valence-corrected chi connectivity index (χ2v) is 17.3. The summed E-state index contributed by atoms with van der Waals surface area (Å²) in [5, 5.41) is 68.8. The summed E-state index contributed by atoms with van der Waals surface area (Å²) in [6, 6.07) is 52.7. The van der Waals surface area contributed by atoms with Crippen molar-refractivity contribution in [3.05, 3.63) is 226 Å². The van der Waals surface area contributed by atoms with Gasteiger partial charge in [-0.1, -0.05) is 133 Å². The van der Waals surface area contributed by atoms with E-state index in [0.717, 1.165) is 22.3 Å². The van der Waals surface area contributed by atoms with Gasteiger partial charge in [-0.05, 0) is 57.6 Å². The number of ether oxygens (including phenoxy) is 6. The highest BCUT2D eigenvalue weighted by molar-refractivity contribution is 5.66. The molecule has 0 unspecified atom stereocenters. The summed E-state index contributed by atoms with van der Waals surface area (Å²) in [6.07, 6.45) is -5.14. The van der Waals surface area contributed by atoms with E-state index < -0.39 is 41.8 Å². The van der Waals surface area contributed by atoms with Crippen molar-refractivity contribution in [1.29, 1.82) is 0 Å². The van der Waals surface area contributed by atoms with Crippen LogP contribution in [0.2, 0.25) is 0 Å². The molecule has 0 amide bonds. The molecule has 354 valence electrons. The maximum absolute atomic E-state index is 13.1. The Bertz CT molecular complexity index is 3080. The lowest BCUT2D eigenvalue weighted by Crippen LogP contribution is -2.37. The molecule has 12 nitrogen and oxygen atoms in total. The van der Waals surface area contributed by atoms with E-state index in [-0.39, 0.29) is 72.7 Å². The fraction of sp³-hybridized carbons (Fsp3) is 0.172. The van der Waals surface area contributed by atoms with Crippen LogP contribution in [0.4, 0.5) is 0 Å². The predicted molar refractivity (Wildman–Crippen MR) is 260 cm³/mol. The van der Waals surface area contributed by atoms with Gasteiger partial charge in [-0.3, -0.25) is 0 Å². The summed E-state index contributed by atoms with van der Waals surface area (Å²) in [6.45, 7) is 0.813. The molecule has 12 heteroatoms. The van der Waals surface area contributed by atoms with Crippen molar-refractivity contribution in [2.75, 3.05) is 0 Å². The van der Waals surface area contributed by atoms with Gasteiger partial charge in [-0.25, -0.2) is 0 Å². The van der Waals surface area contributed by atoms with Crippen molar-refractivity contribution in [3.63, 3.8) is 0 Å². The average molecular weight is 939 g/mol. The van der Waals surface area contributed by atoms with E-state index in [9.17, 15) is 30.6 Å². The van der Waals surface area contributed by atoms with Gasteiger partial charge >= 0.3 is 0 Å². The third kappa shape index (κ3) is 9.68. The van der Waals surface area contributed by atoms with Gasteiger partial charge in [-0.2, -0.15) is 0 Å². The van der Waals surface area contributed by atoms with E-state index >= 15 is 0 Å². The van der Waals surface area contributed by atoms with Gasteiger partial charge in [-0.15, -0.1) is 0 Å². The number of hydrogen-bond acceptors (Lipinski definition) is 12. The molecular weight excluding hydrogens is 889 g/mol. The molecule has 0 radical (unpaired) electrons. The third-order valence-electron chi connectivity index (χ3n) is 12.6. The van der Waals surface area contributed by atoms with Crippen LogP contribution < -0.4 is 28.4 Å². The second kappa shape index (κ2) is 20.1. The smallest absolute Gasteiger partial charge is 0.162 e. The summed E-state index contributed by atoms with van der Waals surface area (Å²) in [4.78, 5) is 0. The first-order valence-electron chi connectivity index (χ1n) is 22.9. The number of phenolic OH excluding ortho intramolecular Hbond substituents is 4. The molecule has 2 aliphatic heterocycles. The Morgan fingerprint density at radius 3 is 1.54 bits per heavy atom. The molecule has 5 atom stereocenters. The standard InChI is InChI=1S/C58H50O12/c59-43-23-21-39(25-45(43)61)56-47(63)29-42-44(60)30-46(62)52(58(42)70-56)54-53-50(68-34-38-19-11-4-12-20-38)27-41(65-31-35-13-5-1-6-14-35)28-51(53)69-57(55(54)64)40-22-24-48(66-32-36-15-7-2-8-16-36)49(26-40)67-33-37-17-9-3-10-18-37/h1-28,30,47,54-57,59-64H,29,31-34H2/t47-,54-,55+,56-,57-/m1/s1. The SMILES string of the molecule is Oc1ccc([C@H]2Oc3c(c(O)cc(O)c3[C@@H]3c4c(OCc5ccccc5)cc(OCc5ccccc5)cc4O[C@H](c4ccc(OCc5ccccc5)c(OCc5ccccc5)c4)[C@H]3O)C[C@H]2O)cc1O. The highest BCUT2D eigenvalue weighted by atomic mass is 16.5. The minimum Gasteiger partial charge on any atom is -0.507 e. The Morgan fingerprint density at radius 1 is 0.429 bits per heavy atom. The van der Waals surface area contributed by atoms with Gasteiger partial charge < -0.3 is 59.1 Å². The Morgan fingerprint density at radius 2 is 0.957 bits per heavy atom. The molecule has 0 aliphatic carbocycles.